The van der Waals surface area contributed by atoms with E-state index in [1.54, 1.807) is 0 Å². The highest BCUT2D eigenvalue weighted by molar-refractivity contribution is 7.97. The molecule has 7 heteroatoms. The molecular weight excluding hydrogens is 233 g/mol. The van der Waals surface area contributed by atoms with Crippen molar-refractivity contribution >= 4 is 67.8 Å². The average Bonchev–Trinajstić information content (AvgIpc) is 1.31. The normalized spacial score (nSPS) is 12.9. The van der Waals surface area contributed by atoms with Crippen LogP contribution in [0.25, 0.3) is 0 Å². The summed E-state index contributed by atoms with van der Waals surface area (Å²) in [4.78, 5) is 0. The molecule has 0 aromatic heterocycles. The van der Waals surface area contributed by atoms with Gasteiger partial charge < -0.3 is 0 Å². The van der Waals surface area contributed by atoms with Gasteiger partial charge in [0, 0.05) is 0 Å². The molecule has 0 spiro atoms. The molecule has 0 saturated heterocycles. The van der Waals surface area contributed by atoms with Crippen molar-refractivity contribution < 1.29 is 0 Å². The third-order valence-electron chi connectivity index (χ3n) is 0.247. The lowest BCUT2D eigenvalue weighted by molar-refractivity contribution is 3.61. The van der Waals surface area contributed by atoms with Gasteiger partial charge in [-0.15, -0.1) is 55.4 Å². The van der Waals surface area contributed by atoms with Gasteiger partial charge >= 0.3 is 5.52 Å². The zero-order chi connectivity index (χ0) is 6.08. The van der Waals surface area contributed by atoms with E-state index in [4.69, 9.17) is 55.4 Å². The number of halogens is 5. The Balaban J connectivity index is 3.54. The molecule has 0 amide bonds. The second kappa shape index (κ2) is 3.15. The summed E-state index contributed by atoms with van der Waals surface area (Å²) >= 11 is 26.7. The lowest BCUT2D eigenvalue weighted by Gasteiger charge is -2.03. The zero-order valence-corrected chi connectivity index (χ0v) is 8.90. The minimum Gasteiger partial charge on any atom is -0.149 e. The Hall–Kier alpha value is 1.88. The molecular formula is HCl5Si2. The van der Waals surface area contributed by atoms with Gasteiger partial charge in [0.1, 0.15) is 0 Å². The highest BCUT2D eigenvalue weighted by atomic mass is 35.9. The predicted octanol–water partition coefficient (Wildman–Crippen LogP) is 2.42. The molecule has 0 aliphatic carbocycles. The quantitative estimate of drug-likeness (QED) is 0.483. The standard InChI is InChI=1S/Cl5HSi2/c1-6(2)7(3,4)5/h6H. The van der Waals surface area contributed by atoms with E-state index in [1.807, 2.05) is 0 Å². The summed E-state index contributed by atoms with van der Waals surface area (Å²) in [5, 5.41) is 0. The second-order valence-corrected chi connectivity index (χ2v) is 22.7. The summed E-state index contributed by atoms with van der Waals surface area (Å²) in [7, 11) is 0. The van der Waals surface area contributed by atoms with E-state index in [-0.39, 0.29) is 0 Å². The van der Waals surface area contributed by atoms with Gasteiger partial charge in [-0.3, -0.25) is 0 Å². The molecule has 0 heterocycles. The zero-order valence-electron chi connectivity index (χ0n) is 2.97. The van der Waals surface area contributed by atoms with Crippen molar-refractivity contribution in [3.63, 3.8) is 0 Å². The Kier molecular flexibility index (Phi) is 4.00. The first kappa shape index (κ1) is 8.88. The van der Waals surface area contributed by atoms with Crippen molar-refractivity contribution in [3.8, 4) is 0 Å². The van der Waals surface area contributed by atoms with E-state index < -0.39 is 12.5 Å². The molecule has 0 saturated carbocycles. The number of hydrogen-bond donors (Lipinski definition) is 0. The molecule has 0 aromatic rings. The highest BCUT2D eigenvalue weighted by Crippen LogP contribution is 2.26. The fourth-order valence-electron chi connectivity index (χ4n) is 0. The van der Waals surface area contributed by atoms with Gasteiger partial charge in [0.05, 0.1) is 0 Å². The van der Waals surface area contributed by atoms with Crippen LogP contribution in [0, 0.1) is 0 Å². The van der Waals surface area contributed by atoms with Crippen LogP contribution in [0.15, 0.2) is 0 Å². The van der Waals surface area contributed by atoms with Gasteiger partial charge in [0.15, 0.2) is 0 Å². The first-order valence-electron chi connectivity index (χ1n) is 1.29. The molecule has 0 N–H and O–H groups in total. The van der Waals surface area contributed by atoms with Gasteiger partial charge in [-0.25, -0.2) is 0 Å². The summed E-state index contributed by atoms with van der Waals surface area (Å²) in [5.41, 5.74) is -2.65. The molecule has 0 radical (unpaired) electrons. The molecule has 0 fully saturated rings. The summed E-state index contributed by atoms with van der Waals surface area (Å²) in [6.45, 7) is -1.98. The van der Waals surface area contributed by atoms with E-state index in [1.165, 1.54) is 0 Å². The van der Waals surface area contributed by atoms with Crippen LogP contribution in [0.3, 0.4) is 0 Å². The molecule has 0 rings (SSSR count). The molecule has 0 atom stereocenters. The van der Waals surface area contributed by atoms with Crippen LogP contribution >= 0.6 is 55.4 Å². The molecule has 0 aliphatic heterocycles. The Morgan fingerprint density at radius 1 is 1.00 bits per heavy atom. The topological polar surface area (TPSA) is 0 Å². The Morgan fingerprint density at radius 3 is 1.14 bits per heavy atom. The van der Waals surface area contributed by atoms with E-state index in [2.05, 4.69) is 0 Å². The minimum atomic E-state index is -2.65. The van der Waals surface area contributed by atoms with Crippen LogP contribution in [0.1, 0.15) is 0 Å². The molecule has 7 heavy (non-hydrogen) atoms. The first-order valence-corrected chi connectivity index (χ1v) is 11.6. The maximum atomic E-state index is 5.34. The van der Waals surface area contributed by atoms with Crippen LogP contribution < -0.4 is 0 Å². The van der Waals surface area contributed by atoms with E-state index in [0.29, 0.717) is 0 Å². The minimum absolute atomic E-state index is 1.98. The Morgan fingerprint density at radius 2 is 1.14 bits per heavy atom. The van der Waals surface area contributed by atoms with Crippen molar-refractivity contribution in [2.45, 2.75) is 0 Å². The molecule has 0 unspecified atom stereocenters. The molecule has 0 aliphatic rings. The van der Waals surface area contributed by atoms with E-state index in [9.17, 15) is 0 Å². The predicted molar refractivity (Wildman–Crippen MR) is 42.2 cm³/mol. The van der Waals surface area contributed by atoms with Crippen molar-refractivity contribution in [1.82, 2.24) is 0 Å². The van der Waals surface area contributed by atoms with Crippen LogP contribution in [0.4, 0.5) is 0 Å². The van der Waals surface area contributed by atoms with Crippen molar-refractivity contribution in [1.29, 1.82) is 0 Å². The smallest absolute Gasteiger partial charge is 0.149 e. The largest absolute Gasteiger partial charge is 0.355 e. The third kappa shape index (κ3) is 4.39. The third-order valence-corrected chi connectivity index (χ3v) is 20.0. The maximum absolute atomic E-state index is 5.34. The Bertz CT molecular complexity index is 51.6. The second-order valence-electron chi connectivity index (χ2n) is 0.842. The van der Waals surface area contributed by atoms with Gasteiger partial charge in [-0.2, -0.15) is 0 Å². The van der Waals surface area contributed by atoms with Gasteiger partial charge in [0.2, 0.25) is 0 Å². The van der Waals surface area contributed by atoms with E-state index in [0.717, 1.165) is 0 Å². The van der Waals surface area contributed by atoms with E-state index >= 15 is 0 Å². The monoisotopic (exact) mass is 232 g/mol. The van der Waals surface area contributed by atoms with Gasteiger partial charge in [-0.05, 0) is 0 Å². The summed E-state index contributed by atoms with van der Waals surface area (Å²) in [6, 6.07) is 0. The van der Waals surface area contributed by atoms with Crippen molar-refractivity contribution in [2.24, 2.45) is 0 Å². The first-order chi connectivity index (χ1) is 2.94. The van der Waals surface area contributed by atoms with Crippen LogP contribution in [0.5, 0.6) is 0 Å². The molecule has 0 nitrogen and oxygen atoms in total. The molecule has 0 bridgehead atoms. The maximum Gasteiger partial charge on any atom is 0.355 e. The van der Waals surface area contributed by atoms with Crippen LogP contribution in [-0.4, -0.2) is 12.5 Å². The van der Waals surface area contributed by atoms with Crippen molar-refractivity contribution in [3.05, 3.63) is 0 Å². The molecule has 0 aromatic carbocycles. The lowest BCUT2D eigenvalue weighted by Crippen LogP contribution is -2.25. The number of hydrogen-bond acceptors (Lipinski definition) is 0. The summed E-state index contributed by atoms with van der Waals surface area (Å²) < 4.78 is 0. The average molecular weight is 234 g/mol. The SMILES string of the molecule is Cl[SiH](Cl)[Si](Cl)(Cl)Cl. The fourth-order valence-corrected chi connectivity index (χ4v) is 0. The van der Waals surface area contributed by atoms with Gasteiger partial charge in [0.25, 0.3) is 6.93 Å². The van der Waals surface area contributed by atoms with Crippen molar-refractivity contribution in [2.75, 3.05) is 0 Å². The summed E-state index contributed by atoms with van der Waals surface area (Å²) in [6.07, 6.45) is 0. The Labute approximate surface area is 67.6 Å². The molecule has 44 valence electrons. The lowest BCUT2D eigenvalue weighted by atomic mass is 26.8. The highest BCUT2D eigenvalue weighted by Gasteiger charge is 2.35. The van der Waals surface area contributed by atoms with Gasteiger partial charge in [-0.1, -0.05) is 0 Å². The summed E-state index contributed by atoms with van der Waals surface area (Å²) in [5.74, 6) is 0. The van der Waals surface area contributed by atoms with Crippen LogP contribution in [-0.2, 0) is 0 Å². The number of rotatable bonds is 1. The fraction of sp³-hybridized carbons (Fsp3) is 0. The van der Waals surface area contributed by atoms with Crippen LogP contribution in [0.2, 0.25) is 0 Å².